The molecule has 0 aliphatic heterocycles. The zero-order valence-corrected chi connectivity index (χ0v) is 12.1. The van der Waals surface area contributed by atoms with Gasteiger partial charge in [-0.3, -0.25) is 4.79 Å². The van der Waals surface area contributed by atoms with Crippen LogP contribution in [0.3, 0.4) is 0 Å². The van der Waals surface area contributed by atoms with Gasteiger partial charge in [0, 0.05) is 1.43 Å². The van der Waals surface area contributed by atoms with Gasteiger partial charge in [-0.05, 0) is 24.7 Å². The molecule has 1 heterocycles. The molecule has 2 unspecified atom stereocenters. The van der Waals surface area contributed by atoms with E-state index in [-0.39, 0.29) is 6.99 Å². The van der Waals surface area contributed by atoms with Crippen LogP contribution in [0.15, 0.2) is 4.79 Å². The number of rotatable bonds is 1. The lowest BCUT2D eigenvalue weighted by atomic mass is 10.2. The largest absolute Gasteiger partial charge is 0.319 e. The highest BCUT2D eigenvalue weighted by molar-refractivity contribution is 5.46. The molecule has 1 fully saturated rings. The molecule has 0 amide bonds. The Morgan fingerprint density at radius 1 is 1.28 bits per heavy atom. The molecule has 102 valence electrons. The number of hydrogen-bond donors (Lipinski definition) is 1. The van der Waals surface area contributed by atoms with Gasteiger partial charge in [0.2, 0.25) is 0 Å². The summed E-state index contributed by atoms with van der Waals surface area (Å²) in [7, 11) is 0. The quantitative estimate of drug-likeness (QED) is 0.826. The summed E-state index contributed by atoms with van der Waals surface area (Å²) in [6.45, 7) is 9.95. The summed E-state index contributed by atoms with van der Waals surface area (Å²) < 4.78 is 0. The van der Waals surface area contributed by atoms with Crippen molar-refractivity contribution in [3.8, 4) is 0 Å². The van der Waals surface area contributed by atoms with E-state index in [2.05, 4.69) is 22.1 Å². The first-order valence-electron chi connectivity index (χ1n) is 7.11. The third-order valence-electron chi connectivity index (χ3n) is 3.02. The van der Waals surface area contributed by atoms with Crippen LogP contribution < -0.4 is 16.3 Å². The lowest BCUT2D eigenvalue weighted by Crippen LogP contribution is -2.40. The Morgan fingerprint density at radius 3 is 2.50 bits per heavy atom. The third kappa shape index (κ3) is 2.89. The van der Waals surface area contributed by atoms with Crippen molar-refractivity contribution in [2.45, 2.75) is 47.5 Å². The van der Waals surface area contributed by atoms with Crippen LogP contribution in [0.1, 0.15) is 48.2 Å². The van der Waals surface area contributed by atoms with Crippen molar-refractivity contribution < 1.29 is 1.43 Å². The van der Waals surface area contributed by atoms with Crippen molar-refractivity contribution in [3.63, 3.8) is 0 Å². The van der Waals surface area contributed by atoms with Crippen molar-refractivity contribution in [3.05, 3.63) is 26.7 Å². The van der Waals surface area contributed by atoms with Crippen LogP contribution in [0, 0.1) is 11.8 Å². The Hall–Kier alpha value is -1.38. The molecule has 0 saturated heterocycles. The van der Waals surface area contributed by atoms with E-state index >= 15 is 0 Å². The second-order valence-corrected chi connectivity index (χ2v) is 4.06. The number of aromatic nitrogens is 2. The maximum atomic E-state index is 11.5. The fourth-order valence-corrected chi connectivity index (χ4v) is 2.04. The first kappa shape index (κ1) is 14.7. The second kappa shape index (κ2) is 6.53. The third-order valence-corrected chi connectivity index (χ3v) is 3.02. The van der Waals surface area contributed by atoms with E-state index in [1.165, 1.54) is 6.42 Å². The Bertz CT molecular complexity index is 562. The molecule has 1 aromatic heterocycles. The van der Waals surface area contributed by atoms with E-state index in [0.29, 0.717) is 24.0 Å². The molecular weight excluding hydrogens is 224 g/mol. The van der Waals surface area contributed by atoms with E-state index < -0.39 is 0 Å². The molecule has 1 saturated carbocycles. The molecule has 2 aliphatic carbocycles. The average Bonchev–Trinajstić information content (AvgIpc) is 3.18. The molecule has 0 bridgehead atoms. The van der Waals surface area contributed by atoms with Gasteiger partial charge in [-0.2, -0.15) is 0 Å². The van der Waals surface area contributed by atoms with Crippen LogP contribution in [-0.2, 0) is 6.42 Å². The number of nitrogens with one attached hydrogen (secondary N) is 1. The Balaban J connectivity index is 0.000000597. The molecule has 2 atom stereocenters. The molecular formula is C15H26N2O. The number of aromatic amines is 1. The SMILES string of the molecule is CC.CC.CCc1nc2c([nH]c1=O)=CC1CC1C=2.[HH]. The zero-order chi connectivity index (χ0) is 13.7. The van der Waals surface area contributed by atoms with E-state index in [1.807, 2.05) is 34.6 Å². The molecule has 0 radical (unpaired) electrons. The van der Waals surface area contributed by atoms with Crippen molar-refractivity contribution in [2.24, 2.45) is 11.8 Å². The van der Waals surface area contributed by atoms with E-state index in [4.69, 9.17) is 0 Å². The van der Waals surface area contributed by atoms with Crippen molar-refractivity contribution in [1.29, 1.82) is 0 Å². The minimum atomic E-state index is -0.0324. The van der Waals surface area contributed by atoms with E-state index in [0.717, 1.165) is 10.7 Å². The number of H-pyrrole nitrogens is 1. The first-order valence-corrected chi connectivity index (χ1v) is 7.11. The van der Waals surface area contributed by atoms with Crippen LogP contribution in [0.5, 0.6) is 0 Å². The van der Waals surface area contributed by atoms with Gasteiger partial charge in [-0.25, -0.2) is 4.98 Å². The summed E-state index contributed by atoms with van der Waals surface area (Å²) in [6.07, 6.45) is 6.26. The van der Waals surface area contributed by atoms with Gasteiger partial charge in [0.15, 0.2) is 0 Å². The van der Waals surface area contributed by atoms with Gasteiger partial charge >= 0.3 is 0 Å². The molecule has 2 aliphatic rings. The van der Waals surface area contributed by atoms with Gasteiger partial charge in [-0.1, -0.05) is 46.8 Å². The summed E-state index contributed by atoms with van der Waals surface area (Å²) in [5, 5.41) is 1.89. The fourth-order valence-electron chi connectivity index (χ4n) is 2.04. The second-order valence-electron chi connectivity index (χ2n) is 4.06. The van der Waals surface area contributed by atoms with Gasteiger partial charge in [0.1, 0.15) is 5.69 Å². The minimum Gasteiger partial charge on any atom is -0.319 e. The van der Waals surface area contributed by atoms with Crippen LogP contribution in [0.4, 0.5) is 0 Å². The van der Waals surface area contributed by atoms with Gasteiger partial charge in [0.25, 0.3) is 5.56 Å². The molecule has 0 aromatic carbocycles. The van der Waals surface area contributed by atoms with Crippen LogP contribution in [0.25, 0.3) is 12.2 Å². The highest BCUT2D eigenvalue weighted by Crippen LogP contribution is 2.41. The van der Waals surface area contributed by atoms with Gasteiger partial charge in [0.05, 0.1) is 10.7 Å². The van der Waals surface area contributed by atoms with Gasteiger partial charge < -0.3 is 4.98 Å². The van der Waals surface area contributed by atoms with Crippen LogP contribution in [0.2, 0.25) is 0 Å². The van der Waals surface area contributed by atoms with Crippen molar-refractivity contribution in [1.82, 2.24) is 9.97 Å². The lowest BCUT2D eigenvalue weighted by Gasteiger charge is -2.00. The molecule has 3 rings (SSSR count). The smallest absolute Gasteiger partial charge is 0.270 e. The normalized spacial score (nSPS) is 21.6. The van der Waals surface area contributed by atoms with E-state index in [9.17, 15) is 4.79 Å². The Labute approximate surface area is 110 Å². The molecule has 3 heteroatoms. The van der Waals surface area contributed by atoms with Gasteiger partial charge in [-0.15, -0.1) is 0 Å². The standard InChI is InChI=1S/C11H12N2O.2C2H6.H2/c1-2-8-11(14)13-10-5-7-3-6(7)4-9(10)12-8;2*1-2;/h4-7H,2-3H2,1H3,(H,13,14);2*1-2H3;1H. The number of fused-ring (bicyclic) bond motifs is 2. The Kier molecular flexibility index (Phi) is 5.32. The maximum Gasteiger partial charge on any atom is 0.270 e. The maximum absolute atomic E-state index is 11.5. The molecule has 1 aromatic rings. The fraction of sp³-hybridized carbons (Fsp3) is 0.600. The molecule has 3 nitrogen and oxygen atoms in total. The van der Waals surface area contributed by atoms with Crippen molar-refractivity contribution in [2.75, 3.05) is 0 Å². The molecule has 0 spiro atoms. The average molecular weight is 250 g/mol. The van der Waals surface area contributed by atoms with Crippen LogP contribution >= 0.6 is 0 Å². The first-order chi connectivity index (χ1) is 8.78. The summed E-state index contributed by atoms with van der Waals surface area (Å²) >= 11 is 0. The summed E-state index contributed by atoms with van der Waals surface area (Å²) in [4.78, 5) is 18.8. The highest BCUT2D eigenvalue weighted by Gasteiger charge is 2.35. The predicted molar refractivity (Wildman–Crippen MR) is 78.8 cm³/mol. The summed E-state index contributed by atoms with van der Waals surface area (Å²) in [6, 6.07) is 0. The number of hydrogen-bond acceptors (Lipinski definition) is 2. The highest BCUT2D eigenvalue weighted by atomic mass is 16.1. The lowest BCUT2D eigenvalue weighted by molar-refractivity contribution is 0.898. The number of aryl methyl sites for hydroxylation is 1. The molecule has 1 N–H and O–H groups in total. The minimum absolute atomic E-state index is 0. The monoisotopic (exact) mass is 250 g/mol. The summed E-state index contributed by atoms with van der Waals surface area (Å²) in [5.74, 6) is 1.35. The Morgan fingerprint density at radius 2 is 1.89 bits per heavy atom. The topological polar surface area (TPSA) is 45.8 Å². The zero-order valence-electron chi connectivity index (χ0n) is 12.1. The van der Waals surface area contributed by atoms with Crippen LogP contribution in [-0.4, -0.2) is 9.97 Å². The van der Waals surface area contributed by atoms with Crippen molar-refractivity contribution >= 4 is 12.2 Å². The summed E-state index contributed by atoms with van der Waals surface area (Å²) in [5.41, 5.74) is 0.613. The number of nitrogens with zero attached hydrogens (tertiary/aromatic N) is 1. The predicted octanol–water partition coefficient (Wildman–Crippen LogP) is 1.84. The van der Waals surface area contributed by atoms with E-state index in [1.54, 1.807) is 0 Å². The molecule has 18 heavy (non-hydrogen) atoms.